The minimum atomic E-state index is -5.63. The van der Waals surface area contributed by atoms with E-state index in [1.165, 1.54) is 6.20 Å². The van der Waals surface area contributed by atoms with Gasteiger partial charge in [-0.2, -0.15) is 8.62 Å². The number of ether oxygens (including phenoxy) is 1. The molecule has 0 bridgehead atoms. The van der Waals surface area contributed by atoms with Gasteiger partial charge in [-0.25, -0.2) is 13.7 Å². The maximum atomic E-state index is 11.9. The predicted octanol–water partition coefficient (Wildman–Crippen LogP) is -0.0333. The monoisotopic (exact) mass is 484 g/mol. The molecule has 0 radical (unpaired) electrons. The Morgan fingerprint density at radius 2 is 1.82 bits per heavy atom. The first-order valence-electron chi connectivity index (χ1n) is 7.11. The van der Waals surface area contributed by atoms with Crippen molar-refractivity contribution >= 4 is 35.7 Å². The molecule has 0 aliphatic carbocycles. The lowest BCUT2D eigenvalue weighted by Crippen LogP contribution is -2.23. The summed E-state index contributed by atoms with van der Waals surface area (Å²) in [6, 6.07) is 0. The number of hydrogen-bond donors (Lipinski definition) is 7. The van der Waals surface area contributed by atoms with E-state index in [4.69, 9.17) is 31.6 Å². The zero-order valence-electron chi connectivity index (χ0n) is 13.5. The normalized spacial score (nSPS) is 27.2. The van der Waals surface area contributed by atoms with Crippen LogP contribution in [-0.4, -0.2) is 53.5 Å². The van der Waals surface area contributed by atoms with Crippen molar-refractivity contribution in [1.82, 2.24) is 9.97 Å². The molecule has 2 heterocycles. The van der Waals surface area contributed by atoms with Crippen molar-refractivity contribution in [3.05, 3.63) is 26.9 Å². The molecule has 2 unspecified atom stereocenters. The van der Waals surface area contributed by atoms with Crippen molar-refractivity contribution in [3.63, 3.8) is 0 Å². The lowest BCUT2D eigenvalue weighted by Gasteiger charge is -2.18. The average Bonchev–Trinajstić information content (AvgIpc) is 2.82. The van der Waals surface area contributed by atoms with E-state index in [0.717, 1.165) is 0 Å². The molecule has 0 amide bonds. The van der Waals surface area contributed by atoms with Gasteiger partial charge >= 0.3 is 23.5 Å². The van der Waals surface area contributed by atoms with Gasteiger partial charge < -0.3 is 34.4 Å². The van der Waals surface area contributed by atoms with E-state index >= 15 is 0 Å². The predicted molar refractivity (Wildman–Crippen MR) is 90.3 cm³/mol. The van der Waals surface area contributed by atoms with Gasteiger partial charge in [0, 0.05) is 12.6 Å². The number of phosphoric acid groups is 3. The molecule has 160 valence electrons. The second-order valence-corrected chi connectivity index (χ2v) is 10.2. The van der Waals surface area contributed by atoms with Crippen LogP contribution in [0.25, 0.3) is 0 Å². The molecule has 1 aliphatic rings. The number of aromatic nitrogens is 2. The summed E-state index contributed by atoms with van der Waals surface area (Å²) in [5.74, 6) is 0. The molecule has 1 aromatic heterocycles. The number of phosphoric ester groups is 1. The lowest BCUT2D eigenvalue weighted by molar-refractivity contribution is -0.0115. The second kappa shape index (κ2) is 8.66. The molecule has 28 heavy (non-hydrogen) atoms. The van der Waals surface area contributed by atoms with E-state index in [9.17, 15) is 28.5 Å². The molecule has 1 saturated heterocycles. The summed E-state index contributed by atoms with van der Waals surface area (Å²) < 4.78 is 50.4. The lowest BCUT2D eigenvalue weighted by atomic mass is 10.1. The van der Waals surface area contributed by atoms with E-state index in [-0.39, 0.29) is 16.8 Å². The Hall–Kier alpha value is -0.570. The minimum Gasteiger partial charge on any atom is -0.390 e. The molecule has 15 nitrogen and oxygen atoms in total. The highest BCUT2D eigenvalue weighted by Gasteiger charge is 2.42. The summed E-state index contributed by atoms with van der Waals surface area (Å²) in [6.45, 7) is -0.738. The number of H-pyrrole nitrogens is 2. The summed E-state index contributed by atoms with van der Waals surface area (Å²) in [7, 11) is -16.4. The molecular weight excluding hydrogens is 469 g/mol. The van der Waals surface area contributed by atoms with Gasteiger partial charge in [0.2, 0.25) is 0 Å². The van der Waals surface area contributed by atoms with Gasteiger partial charge in [-0.3, -0.25) is 14.3 Å². The first-order chi connectivity index (χ1) is 12.7. The molecule has 2 rings (SSSR count). The van der Waals surface area contributed by atoms with E-state index in [0.29, 0.717) is 0 Å². The average molecular weight is 484 g/mol. The standard InChI is InChI=1S/C9H15N2O13P3S/c12-6-1-4(22-7(6)5-2-10-9(28)11-8(5)13)3-21-26(17,18)24-27(19,20)23-25(14,15)16/h2,4,6-7,12H,1,3H2,(H,17,18)(H,19,20)(H2,14,15,16)(H2,10,11,13,28)/t4-,6-,7-/m0/s1. The molecule has 0 aromatic carbocycles. The van der Waals surface area contributed by atoms with Crippen LogP contribution in [0.15, 0.2) is 11.0 Å². The largest absolute Gasteiger partial charge is 0.490 e. The third-order valence-electron chi connectivity index (χ3n) is 3.19. The summed E-state index contributed by atoms with van der Waals surface area (Å²) in [5, 5.41) is 10.0. The highest BCUT2D eigenvalue weighted by Crippen LogP contribution is 2.66. The Bertz CT molecular complexity index is 970. The van der Waals surface area contributed by atoms with E-state index in [2.05, 4.69) is 23.1 Å². The smallest absolute Gasteiger partial charge is 0.390 e. The van der Waals surface area contributed by atoms with Crippen molar-refractivity contribution in [3.8, 4) is 0 Å². The van der Waals surface area contributed by atoms with Crippen LogP contribution in [0.2, 0.25) is 0 Å². The maximum Gasteiger partial charge on any atom is 0.490 e. The van der Waals surface area contributed by atoms with Gasteiger partial charge in [0.1, 0.15) is 6.10 Å². The SMILES string of the molecule is O=c1[nH]c(=S)[nH]cc1[C@@H]1O[C@H](COP(=O)(O)OP(=O)(O)OP(=O)(O)O)C[C@@H]1O. The van der Waals surface area contributed by atoms with E-state index in [1.807, 2.05) is 0 Å². The van der Waals surface area contributed by atoms with Crippen molar-refractivity contribution in [2.24, 2.45) is 0 Å². The first kappa shape index (κ1) is 23.7. The van der Waals surface area contributed by atoms with Crippen molar-refractivity contribution < 1.29 is 56.3 Å². The van der Waals surface area contributed by atoms with Crippen LogP contribution in [0.5, 0.6) is 0 Å². The summed E-state index contributed by atoms with van der Waals surface area (Å²) >= 11 is 4.74. The van der Waals surface area contributed by atoms with E-state index < -0.39 is 53.9 Å². The van der Waals surface area contributed by atoms with Crippen LogP contribution in [0.4, 0.5) is 0 Å². The van der Waals surface area contributed by atoms with Crippen LogP contribution in [0, 0.1) is 4.77 Å². The Labute approximate surface area is 160 Å². The van der Waals surface area contributed by atoms with Crippen molar-refractivity contribution in [2.45, 2.75) is 24.7 Å². The maximum absolute atomic E-state index is 11.9. The molecule has 7 N–H and O–H groups in total. The van der Waals surface area contributed by atoms with Gasteiger partial charge in [-0.05, 0) is 12.2 Å². The van der Waals surface area contributed by atoms with Crippen LogP contribution >= 0.6 is 35.7 Å². The summed E-state index contributed by atoms with van der Waals surface area (Å²) in [4.78, 5) is 52.0. The van der Waals surface area contributed by atoms with Crippen LogP contribution < -0.4 is 5.56 Å². The van der Waals surface area contributed by atoms with Gasteiger partial charge in [0.25, 0.3) is 5.56 Å². The van der Waals surface area contributed by atoms with E-state index in [1.54, 1.807) is 0 Å². The number of hydrogen-bond acceptors (Lipinski definition) is 10. The van der Waals surface area contributed by atoms with Gasteiger partial charge in [0.15, 0.2) is 4.77 Å². The van der Waals surface area contributed by atoms with Crippen LogP contribution in [-0.2, 0) is 31.6 Å². The molecule has 1 aromatic rings. The Morgan fingerprint density at radius 1 is 1.18 bits per heavy atom. The summed E-state index contributed by atoms with van der Waals surface area (Å²) in [6.07, 6.45) is -2.27. The molecule has 19 heteroatoms. The second-order valence-electron chi connectivity index (χ2n) is 5.40. The third kappa shape index (κ3) is 7.04. The highest BCUT2D eigenvalue weighted by molar-refractivity contribution is 7.71. The van der Waals surface area contributed by atoms with Crippen LogP contribution in [0.1, 0.15) is 18.1 Å². The number of rotatable bonds is 8. The summed E-state index contributed by atoms with van der Waals surface area (Å²) in [5.41, 5.74) is -0.622. The number of aliphatic hydroxyl groups excluding tert-OH is 1. The fourth-order valence-corrected chi connectivity index (χ4v) is 5.45. The fourth-order valence-electron chi connectivity index (χ4n) is 2.25. The zero-order valence-corrected chi connectivity index (χ0v) is 17.0. The topological polar surface area (TPSA) is 238 Å². The molecule has 1 aliphatic heterocycles. The number of aliphatic hydroxyl groups is 1. The van der Waals surface area contributed by atoms with Crippen LogP contribution in [0.3, 0.4) is 0 Å². The Morgan fingerprint density at radius 3 is 2.39 bits per heavy atom. The number of nitrogens with one attached hydrogen (secondary N) is 2. The third-order valence-corrected chi connectivity index (χ3v) is 7.21. The minimum absolute atomic E-state index is 0.00179. The Balaban J connectivity index is 1.98. The molecular formula is C9H15N2O13P3S. The Kier molecular flexibility index (Phi) is 7.33. The molecule has 0 spiro atoms. The number of aromatic amines is 2. The van der Waals surface area contributed by atoms with Gasteiger partial charge in [0.05, 0.1) is 24.4 Å². The van der Waals surface area contributed by atoms with Gasteiger partial charge in [-0.1, -0.05) is 0 Å². The van der Waals surface area contributed by atoms with Gasteiger partial charge in [-0.15, -0.1) is 0 Å². The first-order valence-corrected chi connectivity index (χ1v) is 12.0. The fraction of sp³-hybridized carbons (Fsp3) is 0.556. The zero-order chi connectivity index (χ0) is 21.3. The molecule has 0 saturated carbocycles. The van der Waals surface area contributed by atoms with Crippen molar-refractivity contribution in [1.29, 1.82) is 0 Å². The quantitative estimate of drug-likeness (QED) is 0.189. The highest BCUT2D eigenvalue weighted by atomic mass is 32.1. The molecule has 5 atom stereocenters. The van der Waals surface area contributed by atoms with Crippen molar-refractivity contribution in [2.75, 3.05) is 6.61 Å². The molecule has 1 fully saturated rings.